The van der Waals surface area contributed by atoms with Gasteiger partial charge in [0, 0.05) is 30.5 Å². The minimum Gasteiger partial charge on any atom is -0.352 e. The van der Waals surface area contributed by atoms with Gasteiger partial charge in [0.25, 0.3) is 5.56 Å². The van der Waals surface area contributed by atoms with Crippen molar-refractivity contribution in [1.29, 1.82) is 0 Å². The van der Waals surface area contributed by atoms with Crippen molar-refractivity contribution in [2.45, 2.75) is 65.1 Å². The first kappa shape index (κ1) is 24.3. The smallest absolute Gasteiger partial charge is 0.332 e. The molecular weight excluding hydrogens is 498 g/mol. The minimum atomic E-state index is -0.435. The van der Waals surface area contributed by atoms with Gasteiger partial charge in [0.2, 0.25) is 11.2 Å². The molecule has 0 atom stereocenters. The molecule has 2 aromatic heterocycles. The number of aryl methyl sites for hydroxylation is 1. The number of nitrogens with zero attached hydrogens (tertiary/aromatic N) is 3. The molecule has 0 aliphatic heterocycles. The Kier molecular flexibility index (Phi) is 8.69. The molecule has 0 aliphatic rings. The summed E-state index contributed by atoms with van der Waals surface area (Å²) >= 11 is 9.37. The number of carbonyl (C=O) groups is 1. The molecule has 2 N–H and O–H groups in total. The molecule has 3 aromatic rings. The van der Waals surface area contributed by atoms with E-state index in [0.29, 0.717) is 38.0 Å². The van der Waals surface area contributed by atoms with E-state index in [-0.39, 0.29) is 28.9 Å². The molecule has 0 fully saturated rings. The van der Waals surface area contributed by atoms with Crippen LogP contribution in [0.15, 0.2) is 38.3 Å². The van der Waals surface area contributed by atoms with Gasteiger partial charge in [-0.15, -0.1) is 0 Å². The zero-order valence-electron chi connectivity index (χ0n) is 18.0. The van der Waals surface area contributed by atoms with Crippen LogP contribution in [-0.4, -0.2) is 25.0 Å². The lowest BCUT2D eigenvalue weighted by Crippen LogP contribution is -2.40. The Hall–Kier alpha value is -2.39. The average Bonchev–Trinajstić information content (AvgIpc) is 3.16. The Bertz CT molecular complexity index is 1200. The number of benzene rings is 1. The number of H-pyrrole nitrogens is 1. The normalized spacial score (nSPS) is 11.2. The van der Waals surface area contributed by atoms with E-state index < -0.39 is 5.56 Å². The number of hydrogen-bond acceptors (Lipinski definition) is 4. The molecule has 1 aromatic carbocycles. The Morgan fingerprint density at radius 1 is 1.16 bits per heavy atom. The first-order chi connectivity index (χ1) is 15.4. The summed E-state index contributed by atoms with van der Waals surface area (Å²) in [5, 5.41) is 2.97. The molecule has 3 rings (SSSR count). The third-order valence-electron chi connectivity index (χ3n) is 5.23. The first-order valence-electron chi connectivity index (χ1n) is 10.8. The maximum atomic E-state index is 13.0. The molecule has 10 heteroatoms. The second-order valence-electron chi connectivity index (χ2n) is 7.69. The van der Waals surface area contributed by atoms with Crippen molar-refractivity contribution >= 4 is 44.6 Å². The summed E-state index contributed by atoms with van der Waals surface area (Å²) in [4.78, 5) is 44.8. The lowest BCUT2D eigenvalue weighted by Gasteiger charge is -2.11. The van der Waals surface area contributed by atoms with Crippen LogP contribution in [0.2, 0.25) is 5.28 Å². The topological polar surface area (TPSA) is 102 Å². The van der Waals surface area contributed by atoms with Crippen molar-refractivity contribution in [1.82, 2.24) is 24.4 Å². The predicted octanol–water partition coefficient (Wildman–Crippen LogP) is 3.98. The molecule has 0 aliphatic carbocycles. The second kappa shape index (κ2) is 11.5. The average molecular weight is 525 g/mol. The number of fused-ring (bicyclic) bond motifs is 1. The maximum Gasteiger partial charge on any atom is 0.332 e. The van der Waals surface area contributed by atoms with E-state index in [9.17, 15) is 14.4 Å². The van der Waals surface area contributed by atoms with Crippen LogP contribution in [0.3, 0.4) is 0 Å². The van der Waals surface area contributed by atoms with E-state index in [1.54, 1.807) is 0 Å². The summed E-state index contributed by atoms with van der Waals surface area (Å²) in [6.07, 6.45) is 4.22. The molecule has 0 unspecified atom stereocenters. The lowest BCUT2D eigenvalue weighted by molar-refractivity contribution is -0.121. The highest BCUT2D eigenvalue weighted by Gasteiger charge is 2.16. The van der Waals surface area contributed by atoms with Crippen LogP contribution >= 0.6 is 27.5 Å². The summed E-state index contributed by atoms with van der Waals surface area (Å²) in [6.45, 7) is 3.25. The van der Waals surface area contributed by atoms with Crippen molar-refractivity contribution in [3.63, 3.8) is 0 Å². The third kappa shape index (κ3) is 6.10. The van der Waals surface area contributed by atoms with Gasteiger partial charge in [0.05, 0.1) is 0 Å². The predicted molar refractivity (Wildman–Crippen MR) is 129 cm³/mol. The summed E-state index contributed by atoms with van der Waals surface area (Å²) in [6, 6.07) is 7.75. The Morgan fingerprint density at radius 3 is 2.66 bits per heavy atom. The standard InChI is InChI=1S/C22H27BrClN5O3/c1-2-3-5-11-28-19-18(26-21(24)27-19)20(31)29(22(28)32)12-6-4-10-17(30)25-14-15-8-7-9-16(23)13-15/h7-9,13H,2-6,10-12,14H2,1H3,(H,25,30)(H,26,27). The number of aromatic amines is 1. The van der Waals surface area contributed by atoms with Gasteiger partial charge in [0.15, 0.2) is 11.2 Å². The number of carbonyl (C=O) groups excluding carboxylic acids is 1. The molecule has 0 radical (unpaired) electrons. The number of halogens is 2. The number of imidazole rings is 1. The van der Waals surface area contributed by atoms with Crippen molar-refractivity contribution < 1.29 is 4.79 Å². The van der Waals surface area contributed by atoms with Crippen LogP contribution in [0.1, 0.15) is 51.0 Å². The van der Waals surface area contributed by atoms with Crippen LogP contribution in [0.5, 0.6) is 0 Å². The molecule has 8 nitrogen and oxygen atoms in total. The van der Waals surface area contributed by atoms with Gasteiger partial charge in [0.1, 0.15) is 0 Å². The first-order valence-corrected chi connectivity index (χ1v) is 12.0. The number of nitrogens with one attached hydrogen (secondary N) is 2. The molecule has 32 heavy (non-hydrogen) atoms. The molecule has 0 spiro atoms. The van der Waals surface area contributed by atoms with E-state index in [0.717, 1.165) is 29.3 Å². The second-order valence-corrected chi connectivity index (χ2v) is 8.96. The molecule has 0 bridgehead atoms. The highest BCUT2D eigenvalue weighted by molar-refractivity contribution is 9.10. The van der Waals surface area contributed by atoms with Gasteiger partial charge in [-0.2, -0.15) is 4.98 Å². The van der Waals surface area contributed by atoms with E-state index in [4.69, 9.17) is 11.6 Å². The summed E-state index contributed by atoms with van der Waals surface area (Å²) in [5.74, 6) is -0.0647. The number of amides is 1. The molecule has 0 saturated heterocycles. The molecule has 172 valence electrons. The van der Waals surface area contributed by atoms with Gasteiger partial charge in [-0.1, -0.05) is 47.8 Å². The monoisotopic (exact) mass is 523 g/mol. The van der Waals surface area contributed by atoms with Crippen LogP contribution in [-0.2, 0) is 24.4 Å². The van der Waals surface area contributed by atoms with E-state index >= 15 is 0 Å². The molecule has 2 heterocycles. The fourth-order valence-corrected chi connectivity index (χ4v) is 4.17. The quantitative estimate of drug-likeness (QED) is 0.293. The van der Waals surface area contributed by atoms with Crippen LogP contribution < -0.4 is 16.6 Å². The van der Waals surface area contributed by atoms with Gasteiger partial charge >= 0.3 is 5.69 Å². The number of unbranched alkanes of at least 4 members (excludes halogenated alkanes) is 3. The van der Waals surface area contributed by atoms with Crippen LogP contribution in [0.4, 0.5) is 0 Å². The summed E-state index contributed by atoms with van der Waals surface area (Å²) < 4.78 is 3.69. The zero-order valence-corrected chi connectivity index (χ0v) is 20.3. The Labute approximate surface area is 199 Å². The fraction of sp³-hybridized carbons (Fsp3) is 0.455. The van der Waals surface area contributed by atoms with Crippen molar-refractivity contribution in [2.24, 2.45) is 0 Å². The summed E-state index contributed by atoms with van der Waals surface area (Å²) in [5.41, 5.74) is 0.715. The number of rotatable bonds is 11. The molecule has 0 saturated carbocycles. The van der Waals surface area contributed by atoms with Crippen molar-refractivity contribution in [3.05, 3.63) is 60.4 Å². The highest BCUT2D eigenvalue weighted by Crippen LogP contribution is 2.12. The van der Waals surface area contributed by atoms with Crippen LogP contribution in [0.25, 0.3) is 11.2 Å². The van der Waals surface area contributed by atoms with E-state index in [2.05, 4.69) is 38.1 Å². The maximum absolute atomic E-state index is 13.0. The Balaban J connectivity index is 1.61. The third-order valence-corrected chi connectivity index (χ3v) is 5.90. The highest BCUT2D eigenvalue weighted by atomic mass is 79.9. The van der Waals surface area contributed by atoms with E-state index in [1.807, 2.05) is 24.3 Å². The number of hydrogen-bond donors (Lipinski definition) is 2. The van der Waals surface area contributed by atoms with Crippen molar-refractivity contribution in [2.75, 3.05) is 0 Å². The van der Waals surface area contributed by atoms with Gasteiger partial charge in [-0.3, -0.25) is 18.7 Å². The van der Waals surface area contributed by atoms with Gasteiger partial charge < -0.3 is 10.3 Å². The van der Waals surface area contributed by atoms with Crippen molar-refractivity contribution in [3.8, 4) is 0 Å². The lowest BCUT2D eigenvalue weighted by atomic mass is 10.2. The largest absolute Gasteiger partial charge is 0.352 e. The molecular formula is C22H27BrClN5O3. The van der Waals surface area contributed by atoms with Gasteiger partial charge in [-0.05, 0) is 48.6 Å². The Morgan fingerprint density at radius 2 is 1.91 bits per heavy atom. The minimum absolute atomic E-state index is 0.0647. The fourth-order valence-electron chi connectivity index (χ4n) is 3.55. The number of aromatic nitrogens is 4. The SMILES string of the molecule is CCCCCn1c(=O)n(CCCCC(=O)NCc2cccc(Br)c2)c(=O)c2[nH]c(Cl)nc21. The van der Waals surface area contributed by atoms with Crippen LogP contribution in [0, 0.1) is 0 Å². The molecule has 1 amide bonds. The van der Waals surface area contributed by atoms with E-state index in [1.165, 1.54) is 9.13 Å². The zero-order chi connectivity index (χ0) is 23.1. The summed E-state index contributed by atoms with van der Waals surface area (Å²) in [7, 11) is 0. The van der Waals surface area contributed by atoms with Gasteiger partial charge in [-0.25, -0.2) is 4.79 Å².